The van der Waals surface area contributed by atoms with Gasteiger partial charge in [-0.3, -0.25) is 4.79 Å². The molecule has 0 radical (unpaired) electrons. The van der Waals surface area contributed by atoms with Crippen LogP contribution < -0.4 is 10.1 Å². The van der Waals surface area contributed by atoms with Gasteiger partial charge in [0.05, 0.1) is 7.11 Å². The van der Waals surface area contributed by atoms with E-state index in [4.69, 9.17) is 20.8 Å². The number of halogens is 1. The summed E-state index contributed by atoms with van der Waals surface area (Å²) >= 11 is 5.98. The van der Waals surface area contributed by atoms with Gasteiger partial charge in [0.1, 0.15) is 11.3 Å². The Kier molecular flexibility index (Phi) is 4.75. The fourth-order valence-electron chi connectivity index (χ4n) is 2.87. The van der Waals surface area contributed by atoms with Crippen LogP contribution in [-0.4, -0.2) is 18.0 Å². The molecule has 1 N–H and O–H groups in total. The molecule has 0 bridgehead atoms. The highest BCUT2D eigenvalue weighted by atomic mass is 35.5. The van der Waals surface area contributed by atoms with Gasteiger partial charge in [0, 0.05) is 27.9 Å². The molecular weight excluding hydrogens is 376 g/mol. The molecule has 0 spiro atoms. The Balaban J connectivity index is 1.66. The van der Waals surface area contributed by atoms with Crippen LogP contribution in [0.2, 0.25) is 5.02 Å². The summed E-state index contributed by atoms with van der Waals surface area (Å²) in [6.07, 6.45) is 0. The second-order valence-corrected chi connectivity index (χ2v) is 6.78. The van der Waals surface area contributed by atoms with Crippen LogP contribution in [0.3, 0.4) is 0 Å². The predicted octanol–water partition coefficient (Wildman–Crippen LogP) is 5.72. The van der Waals surface area contributed by atoms with Gasteiger partial charge in [0.2, 0.25) is 5.89 Å². The van der Waals surface area contributed by atoms with E-state index in [1.165, 1.54) is 0 Å². The largest absolute Gasteiger partial charge is 0.497 e. The Bertz CT molecular complexity index is 1180. The van der Waals surface area contributed by atoms with Crippen LogP contribution >= 0.6 is 11.6 Å². The fourth-order valence-corrected chi connectivity index (χ4v) is 3.06. The number of methoxy groups -OCH3 is 1. The van der Waals surface area contributed by atoms with Crippen molar-refractivity contribution in [3.63, 3.8) is 0 Å². The predicted molar refractivity (Wildman–Crippen MR) is 110 cm³/mol. The van der Waals surface area contributed by atoms with Gasteiger partial charge in [-0.25, -0.2) is 4.98 Å². The van der Waals surface area contributed by atoms with Crippen LogP contribution in [0.25, 0.3) is 22.6 Å². The lowest BCUT2D eigenvalue weighted by molar-refractivity contribution is 0.102. The van der Waals surface area contributed by atoms with Crippen molar-refractivity contribution in [1.82, 2.24) is 4.98 Å². The number of hydrogen-bond donors (Lipinski definition) is 1. The number of benzene rings is 3. The third-order valence-corrected chi connectivity index (χ3v) is 4.65. The number of hydrogen-bond acceptors (Lipinski definition) is 4. The first kappa shape index (κ1) is 18.1. The van der Waals surface area contributed by atoms with Crippen LogP contribution in [0.15, 0.2) is 65.1 Å². The number of amides is 1. The molecule has 0 saturated heterocycles. The van der Waals surface area contributed by atoms with Gasteiger partial charge in [-0.2, -0.15) is 0 Å². The van der Waals surface area contributed by atoms with E-state index < -0.39 is 0 Å². The summed E-state index contributed by atoms with van der Waals surface area (Å²) in [5, 5.41) is 3.44. The van der Waals surface area contributed by atoms with E-state index >= 15 is 0 Å². The quantitative estimate of drug-likeness (QED) is 0.482. The van der Waals surface area contributed by atoms with Crippen molar-refractivity contribution >= 4 is 34.3 Å². The molecule has 1 heterocycles. The van der Waals surface area contributed by atoms with Crippen LogP contribution in [0.1, 0.15) is 15.9 Å². The van der Waals surface area contributed by atoms with Crippen molar-refractivity contribution in [3.05, 3.63) is 76.8 Å². The van der Waals surface area contributed by atoms with Crippen molar-refractivity contribution in [2.24, 2.45) is 0 Å². The summed E-state index contributed by atoms with van der Waals surface area (Å²) in [6.45, 7) is 1.92. The molecular formula is C22H17ClN2O3. The Hall–Kier alpha value is -3.31. The summed E-state index contributed by atoms with van der Waals surface area (Å²) in [7, 11) is 1.61. The highest BCUT2D eigenvalue weighted by Crippen LogP contribution is 2.29. The molecule has 0 unspecified atom stereocenters. The van der Waals surface area contributed by atoms with Gasteiger partial charge >= 0.3 is 0 Å². The highest BCUT2D eigenvalue weighted by Gasteiger charge is 2.13. The minimum Gasteiger partial charge on any atom is -0.497 e. The van der Waals surface area contributed by atoms with Gasteiger partial charge in [0.15, 0.2) is 5.58 Å². The second-order valence-electron chi connectivity index (χ2n) is 6.35. The third-order valence-electron chi connectivity index (χ3n) is 4.41. The molecule has 3 aromatic carbocycles. The van der Waals surface area contributed by atoms with E-state index in [9.17, 15) is 4.79 Å². The van der Waals surface area contributed by atoms with Crippen LogP contribution in [-0.2, 0) is 0 Å². The number of aryl methyl sites for hydroxylation is 1. The molecule has 0 fully saturated rings. The number of aromatic nitrogens is 1. The molecule has 140 valence electrons. The Morgan fingerprint density at radius 2 is 1.96 bits per heavy atom. The first-order chi connectivity index (χ1) is 13.5. The third kappa shape index (κ3) is 3.57. The zero-order chi connectivity index (χ0) is 19.7. The Morgan fingerprint density at radius 1 is 1.11 bits per heavy atom. The van der Waals surface area contributed by atoms with Gasteiger partial charge in [0.25, 0.3) is 5.91 Å². The van der Waals surface area contributed by atoms with Crippen molar-refractivity contribution in [3.8, 4) is 17.2 Å². The molecule has 0 aliphatic carbocycles. The maximum Gasteiger partial charge on any atom is 0.255 e. The molecule has 0 atom stereocenters. The molecule has 1 aromatic heterocycles. The second kappa shape index (κ2) is 7.37. The molecule has 4 rings (SSSR count). The van der Waals surface area contributed by atoms with Crippen LogP contribution in [0.4, 0.5) is 5.69 Å². The molecule has 0 aliphatic rings. The number of ether oxygens (including phenoxy) is 1. The molecule has 6 heteroatoms. The van der Waals surface area contributed by atoms with Crippen molar-refractivity contribution < 1.29 is 13.9 Å². The van der Waals surface area contributed by atoms with E-state index in [0.717, 1.165) is 11.1 Å². The SMILES string of the molecule is COc1ccc2oc(-c3ccc(C)c(NC(=O)c4cccc(Cl)c4)c3)nc2c1. The number of nitrogens with zero attached hydrogens (tertiary/aromatic N) is 1. The highest BCUT2D eigenvalue weighted by molar-refractivity contribution is 6.31. The normalized spacial score (nSPS) is 10.8. The minimum atomic E-state index is -0.231. The molecule has 0 saturated carbocycles. The molecule has 1 amide bonds. The summed E-state index contributed by atoms with van der Waals surface area (Å²) in [5.74, 6) is 0.956. The molecule has 5 nitrogen and oxygen atoms in total. The number of nitrogens with one attached hydrogen (secondary N) is 1. The summed E-state index contributed by atoms with van der Waals surface area (Å²) in [4.78, 5) is 17.1. The number of carbonyl (C=O) groups is 1. The Labute approximate surface area is 166 Å². The van der Waals surface area contributed by atoms with Crippen molar-refractivity contribution in [1.29, 1.82) is 0 Å². The van der Waals surface area contributed by atoms with E-state index in [-0.39, 0.29) is 5.91 Å². The minimum absolute atomic E-state index is 0.231. The van der Waals surface area contributed by atoms with Crippen molar-refractivity contribution in [2.45, 2.75) is 6.92 Å². The van der Waals surface area contributed by atoms with Crippen molar-refractivity contribution in [2.75, 3.05) is 12.4 Å². The summed E-state index contributed by atoms with van der Waals surface area (Å²) in [6, 6.07) is 17.9. The average Bonchev–Trinajstić information content (AvgIpc) is 3.12. The van der Waals surface area contributed by atoms with E-state index in [0.29, 0.717) is 39.0 Å². The molecule has 0 aliphatic heterocycles. The summed E-state index contributed by atoms with van der Waals surface area (Å²) < 4.78 is 11.1. The first-order valence-electron chi connectivity index (χ1n) is 8.66. The number of fused-ring (bicyclic) bond motifs is 1. The lowest BCUT2D eigenvalue weighted by Gasteiger charge is -2.10. The van der Waals surface area contributed by atoms with Gasteiger partial charge < -0.3 is 14.5 Å². The molecule has 4 aromatic rings. The zero-order valence-electron chi connectivity index (χ0n) is 15.3. The molecule has 28 heavy (non-hydrogen) atoms. The lowest BCUT2D eigenvalue weighted by atomic mass is 10.1. The maximum absolute atomic E-state index is 12.6. The lowest BCUT2D eigenvalue weighted by Crippen LogP contribution is -2.12. The maximum atomic E-state index is 12.6. The van der Waals surface area contributed by atoms with E-state index in [1.54, 1.807) is 31.4 Å². The number of rotatable bonds is 4. The number of oxazole rings is 1. The number of carbonyl (C=O) groups excluding carboxylic acids is 1. The standard InChI is InChI=1S/C22H17ClN2O3/c1-13-6-7-15(22-25-19-12-17(27-2)8-9-20(19)28-22)11-18(13)24-21(26)14-4-3-5-16(23)10-14/h3-12H,1-2H3,(H,24,26). The van der Waals surface area contributed by atoms with Crippen LogP contribution in [0, 0.1) is 6.92 Å². The van der Waals surface area contributed by atoms with Crippen LogP contribution in [0.5, 0.6) is 5.75 Å². The fraction of sp³-hybridized carbons (Fsp3) is 0.0909. The Morgan fingerprint density at radius 3 is 2.75 bits per heavy atom. The number of anilines is 1. The summed E-state index contributed by atoms with van der Waals surface area (Å²) in [5.41, 5.74) is 4.24. The van der Waals surface area contributed by atoms with E-state index in [1.807, 2.05) is 43.3 Å². The van der Waals surface area contributed by atoms with Gasteiger partial charge in [-0.15, -0.1) is 0 Å². The monoisotopic (exact) mass is 392 g/mol. The van der Waals surface area contributed by atoms with E-state index in [2.05, 4.69) is 10.3 Å². The smallest absolute Gasteiger partial charge is 0.255 e. The zero-order valence-corrected chi connectivity index (χ0v) is 16.1. The van der Waals surface area contributed by atoms with Gasteiger partial charge in [-0.1, -0.05) is 23.7 Å². The van der Waals surface area contributed by atoms with Gasteiger partial charge in [-0.05, 0) is 55.0 Å². The average molecular weight is 393 g/mol. The first-order valence-corrected chi connectivity index (χ1v) is 9.04. The topological polar surface area (TPSA) is 64.4 Å².